The van der Waals surface area contributed by atoms with E-state index in [0.29, 0.717) is 0 Å². The van der Waals surface area contributed by atoms with Crippen LogP contribution < -0.4 is 4.74 Å². The number of H-pyrrole nitrogens is 1. The second-order valence-electron chi connectivity index (χ2n) is 2.43. The zero-order valence-corrected chi connectivity index (χ0v) is 5.22. The van der Waals surface area contributed by atoms with Gasteiger partial charge < -0.3 is 9.72 Å². The molecule has 0 saturated carbocycles. The van der Waals surface area contributed by atoms with Gasteiger partial charge in [0.2, 0.25) is 0 Å². The van der Waals surface area contributed by atoms with Crippen molar-refractivity contribution in [3.05, 3.63) is 24.4 Å². The van der Waals surface area contributed by atoms with Gasteiger partial charge in [0, 0.05) is 17.1 Å². The number of fused-ring (bicyclic) bond motifs is 3. The van der Waals surface area contributed by atoms with E-state index in [1.54, 1.807) is 0 Å². The molecule has 1 aliphatic heterocycles. The first-order valence-corrected chi connectivity index (χ1v) is 3.23. The average molecular weight is 131 g/mol. The second-order valence-corrected chi connectivity index (χ2v) is 2.43. The third-order valence-corrected chi connectivity index (χ3v) is 1.82. The van der Waals surface area contributed by atoms with Crippen molar-refractivity contribution in [3.63, 3.8) is 0 Å². The van der Waals surface area contributed by atoms with Crippen molar-refractivity contribution in [1.29, 1.82) is 0 Å². The van der Waals surface area contributed by atoms with Crippen LogP contribution in [0.5, 0.6) is 11.5 Å². The average Bonchev–Trinajstić information content (AvgIpc) is 2.60. The number of ether oxygens (including phenoxy) is 1. The fraction of sp³-hybridized carbons (Fsp3) is 0. The standard InChI is InChI=1S/C8H5NO/c1-2-7-8(10-7)5-3-4-9-6(1)5/h1-4,9H. The quantitative estimate of drug-likeness (QED) is 0.466. The van der Waals surface area contributed by atoms with Crippen molar-refractivity contribution in [3.8, 4) is 11.5 Å². The Bertz CT molecular complexity index is 403. The first-order valence-electron chi connectivity index (χ1n) is 3.23. The monoisotopic (exact) mass is 131 g/mol. The van der Waals surface area contributed by atoms with Crippen LogP contribution >= 0.6 is 0 Å². The zero-order valence-electron chi connectivity index (χ0n) is 5.22. The van der Waals surface area contributed by atoms with Gasteiger partial charge in [0.25, 0.3) is 0 Å². The number of nitrogens with one attached hydrogen (secondary N) is 1. The smallest absolute Gasteiger partial charge is 0.179 e. The summed E-state index contributed by atoms with van der Waals surface area (Å²) in [5.41, 5.74) is 1.15. The van der Waals surface area contributed by atoms with Crippen LogP contribution in [0.4, 0.5) is 0 Å². The number of hydrogen-bond donors (Lipinski definition) is 1. The SMILES string of the molecule is c1cc2c3c(ccc2[nH]1)O3. The van der Waals surface area contributed by atoms with Gasteiger partial charge in [0.15, 0.2) is 11.5 Å². The first kappa shape index (κ1) is 4.39. The Labute approximate surface area is 57.4 Å². The van der Waals surface area contributed by atoms with Crippen LogP contribution in [-0.2, 0) is 0 Å². The summed E-state index contributed by atoms with van der Waals surface area (Å²) in [6, 6.07) is 6.04. The minimum Gasteiger partial charge on any atom is -0.449 e. The third kappa shape index (κ3) is 0.365. The summed E-state index contributed by atoms with van der Waals surface area (Å²) >= 11 is 0. The van der Waals surface area contributed by atoms with Gasteiger partial charge in [0.1, 0.15) is 0 Å². The molecule has 0 spiro atoms. The van der Waals surface area contributed by atoms with Crippen molar-refractivity contribution >= 4 is 10.9 Å². The Morgan fingerprint density at radius 3 is 3.20 bits per heavy atom. The summed E-state index contributed by atoms with van der Waals surface area (Å²) in [6.07, 6.45) is 1.92. The van der Waals surface area contributed by atoms with Crippen LogP contribution in [0.2, 0.25) is 0 Å². The molecule has 2 nitrogen and oxygen atoms in total. The highest BCUT2D eigenvalue weighted by Crippen LogP contribution is 2.49. The summed E-state index contributed by atoms with van der Waals surface area (Å²) in [6.45, 7) is 0. The molecule has 10 heavy (non-hydrogen) atoms. The van der Waals surface area contributed by atoms with E-state index in [2.05, 4.69) is 4.98 Å². The molecule has 2 heteroatoms. The molecule has 0 amide bonds. The lowest BCUT2D eigenvalue weighted by Crippen LogP contribution is -1.57. The fourth-order valence-electron chi connectivity index (χ4n) is 1.26. The van der Waals surface area contributed by atoms with Crippen LogP contribution in [0.3, 0.4) is 0 Å². The maximum atomic E-state index is 5.19. The zero-order chi connectivity index (χ0) is 6.55. The van der Waals surface area contributed by atoms with Crippen LogP contribution in [0, 0.1) is 0 Å². The largest absolute Gasteiger partial charge is 0.449 e. The Kier molecular flexibility index (Phi) is 0.520. The van der Waals surface area contributed by atoms with E-state index < -0.39 is 0 Å². The highest BCUT2D eigenvalue weighted by Gasteiger charge is 2.22. The Morgan fingerprint density at radius 2 is 2.20 bits per heavy atom. The molecule has 1 aliphatic rings. The highest BCUT2D eigenvalue weighted by molar-refractivity contribution is 5.92. The van der Waals surface area contributed by atoms with E-state index in [4.69, 9.17) is 4.74 Å². The van der Waals surface area contributed by atoms with Crippen LogP contribution in [-0.4, -0.2) is 4.98 Å². The maximum absolute atomic E-state index is 5.19. The Balaban J connectivity index is 2.64. The van der Waals surface area contributed by atoms with E-state index in [-0.39, 0.29) is 0 Å². The van der Waals surface area contributed by atoms with Crippen LogP contribution in [0.15, 0.2) is 24.4 Å². The lowest BCUT2D eigenvalue weighted by Gasteiger charge is -1.78. The lowest BCUT2D eigenvalue weighted by atomic mass is 10.3. The summed E-state index contributed by atoms with van der Waals surface area (Å²) < 4.78 is 5.19. The first-order chi connectivity index (χ1) is 4.95. The molecule has 0 saturated heterocycles. The number of aromatic nitrogens is 1. The van der Waals surface area contributed by atoms with Gasteiger partial charge in [-0.15, -0.1) is 0 Å². The number of rotatable bonds is 0. The molecule has 2 aromatic rings. The molecule has 0 atom stereocenters. The van der Waals surface area contributed by atoms with Crippen molar-refractivity contribution in [1.82, 2.24) is 4.98 Å². The molecule has 48 valence electrons. The van der Waals surface area contributed by atoms with E-state index in [9.17, 15) is 0 Å². The molecule has 0 aliphatic carbocycles. The molecule has 1 aromatic heterocycles. The normalized spacial score (nSPS) is 12.8. The predicted molar refractivity (Wildman–Crippen MR) is 38.4 cm³/mol. The molecule has 1 N–H and O–H groups in total. The Morgan fingerprint density at radius 1 is 1.20 bits per heavy atom. The summed E-state index contributed by atoms with van der Waals surface area (Å²) in [4.78, 5) is 3.11. The predicted octanol–water partition coefficient (Wildman–Crippen LogP) is 2.27. The van der Waals surface area contributed by atoms with E-state index in [1.165, 1.54) is 5.39 Å². The third-order valence-electron chi connectivity index (χ3n) is 1.82. The van der Waals surface area contributed by atoms with Crippen molar-refractivity contribution in [2.75, 3.05) is 0 Å². The van der Waals surface area contributed by atoms with Crippen molar-refractivity contribution in [2.45, 2.75) is 0 Å². The van der Waals surface area contributed by atoms with Gasteiger partial charge in [-0.05, 0) is 18.2 Å². The van der Waals surface area contributed by atoms with Gasteiger partial charge in [0.05, 0.1) is 0 Å². The molecule has 0 radical (unpaired) electrons. The molecular weight excluding hydrogens is 126 g/mol. The van der Waals surface area contributed by atoms with E-state index in [1.807, 2.05) is 24.4 Å². The van der Waals surface area contributed by atoms with Gasteiger partial charge in [-0.3, -0.25) is 0 Å². The maximum Gasteiger partial charge on any atom is 0.179 e. The minimum absolute atomic E-state index is 1.02. The highest BCUT2D eigenvalue weighted by atomic mass is 16.6. The number of aromatic amines is 1. The lowest BCUT2D eigenvalue weighted by molar-refractivity contribution is 0.653. The number of hydrogen-bond acceptors (Lipinski definition) is 1. The minimum atomic E-state index is 1.02. The molecular formula is C8H5NO. The summed E-state index contributed by atoms with van der Waals surface area (Å²) in [7, 11) is 0. The molecule has 3 rings (SSSR count). The molecule has 0 bridgehead atoms. The topological polar surface area (TPSA) is 28.3 Å². The van der Waals surface area contributed by atoms with Crippen LogP contribution in [0.1, 0.15) is 0 Å². The molecule has 2 heterocycles. The van der Waals surface area contributed by atoms with Gasteiger partial charge in [-0.25, -0.2) is 0 Å². The van der Waals surface area contributed by atoms with Crippen LogP contribution in [0.25, 0.3) is 10.9 Å². The molecule has 0 fully saturated rings. The van der Waals surface area contributed by atoms with Crippen molar-refractivity contribution in [2.24, 2.45) is 0 Å². The van der Waals surface area contributed by atoms with Gasteiger partial charge in [-0.1, -0.05) is 0 Å². The van der Waals surface area contributed by atoms with Gasteiger partial charge >= 0.3 is 0 Å². The second kappa shape index (κ2) is 1.19. The van der Waals surface area contributed by atoms with E-state index >= 15 is 0 Å². The number of benzene rings is 1. The summed E-state index contributed by atoms with van der Waals surface area (Å²) in [5.74, 6) is 2.06. The fourth-order valence-corrected chi connectivity index (χ4v) is 1.26. The Hall–Kier alpha value is -1.44. The summed E-state index contributed by atoms with van der Waals surface area (Å²) in [5, 5.41) is 1.19. The van der Waals surface area contributed by atoms with Gasteiger partial charge in [-0.2, -0.15) is 0 Å². The molecule has 1 aromatic carbocycles. The van der Waals surface area contributed by atoms with Crippen molar-refractivity contribution < 1.29 is 4.74 Å². The molecule has 0 unspecified atom stereocenters. The van der Waals surface area contributed by atoms with E-state index in [0.717, 1.165) is 17.0 Å².